The lowest BCUT2D eigenvalue weighted by molar-refractivity contribution is 0.642. The molecule has 2 aromatic heterocycles. The molecule has 0 N–H and O–H groups in total. The molecule has 0 aliphatic carbocycles. The smallest absolute Gasteiger partial charge is 0.175 e. The average molecular weight is 334 g/mol. The molecule has 1 saturated heterocycles. The molecule has 3 aromatic rings. The van der Waals surface area contributed by atoms with Crippen LogP contribution in [0.3, 0.4) is 0 Å². The molecule has 128 valence electrons. The van der Waals surface area contributed by atoms with Gasteiger partial charge in [0.25, 0.3) is 0 Å². The van der Waals surface area contributed by atoms with Crippen molar-refractivity contribution in [2.45, 2.75) is 13.8 Å². The highest BCUT2D eigenvalue weighted by Gasteiger charge is 2.18. The second-order valence-corrected chi connectivity index (χ2v) is 6.46. The second kappa shape index (κ2) is 6.55. The molecule has 0 saturated carbocycles. The van der Waals surface area contributed by atoms with Crippen LogP contribution in [0.4, 0.5) is 11.5 Å². The summed E-state index contributed by atoms with van der Waals surface area (Å²) in [5, 5.41) is 13.1. The van der Waals surface area contributed by atoms with E-state index < -0.39 is 0 Å². The number of hydrogen-bond donors (Lipinski definition) is 0. The normalized spacial score (nSPS) is 14.8. The highest BCUT2D eigenvalue weighted by molar-refractivity contribution is 5.51. The van der Waals surface area contributed by atoms with Crippen molar-refractivity contribution < 1.29 is 0 Å². The Morgan fingerprint density at radius 2 is 1.52 bits per heavy atom. The Labute approximate surface area is 147 Å². The third-order valence-corrected chi connectivity index (χ3v) is 4.56. The van der Waals surface area contributed by atoms with Gasteiger partial charge >= 0.3 is 0 Å². The van der Waals surface area contributed by atoms with Gasteiger partial charge in [-0.15, -0.1) is 10.2 Å². The van der Waals surface area contributed by atoms with E-state index in [0.717, 1.165) is 43.5 Å². The fourth-order valence-electron chi connectivity index (χ4n) is 3.17. The SMILES string of the molecule is Cc1cccc(N2CCN(c3ccc(-n4ccc(C)n4)nn3)CC2)c1. The van der Waals surface area contributed by atoms with Crippen LogP contribution in [0.1, 0.15) is 11.3 Å². The molecule has 1 aromatic carbocycles. The fourth-order valence-corrected chi connectivity index (χ4v) is 3.17. The Morgan fingerprint density at radius 3 is 2.16 bits per heavy atom. The van der Waals surface area contributed by atoms with Crippen LogP contribution in [0.5, 0.6) is 0 Å². The quantitative estimate of drug-likeness (QED) is 0.737. The standard InChI is InChI=1S/C19H22N6/c1-15-4-3-5-17(14-15)23-10-12-24(13-11-23)18-6-7-19(21-20-18)25-9-8-16(2)22-25/h3-9,14H,10-13H2,1-2H3. The van der Waals surface area contributed by atoms with Crippen LogP contribution in [0.25, 0.3) is 5.82 Å². The Balaban J connectivity index is 1.42. The molecule has 0 amide bonds. The number of benzene rings is 1. The number of hydrogen-bond acceptors (Lipinski definition) is 5. The van der Waals surface area contributed by atoms with E-state index in [0.29, 0.717) is 0 Å². The van der Waals surface area contributed by atoms with Crippen molar-refractivity contribution in [3.63, 3.8) is 0 Å². The van der Waals surface area contributed by atoms with Crippen LogP contribution in [0.15, 0.2) is 48.7 Å². The molecule has 0 atom stereocenters. The number of nitrogens with zero attached hydrogens (tertiary/aromatic N) is 6. The van der Waals surface area contributed by atoms with Gasteiger partial charge in [0.2, 0.25) is 0 Å². The molecular weight excluding hydrogens is 312 g/mol. The minimum Gasteiger partial charge on any atom is -0.368 e. The van der Waals surface area contributed by atoms with Gasteiger partial charge in [-0.2, -0.15) is 5.10 Å². The first kappa shape index (κ1) is 15.6. The van der Waals surface area contributed by atoms with Crippen molar-refractivity contribution in [2.24, 2.45) is 0 Å². The highest BCUT2D eigenvalue weighted by atomic mass is 15.4. The van der Waals surface area contributed by atoms with Gasteiger partial charge in [0.15, 0.2) is 11.6 Å². The van der Waals surface area contributed by atoms with E-state index in [1.807, 2.05) is 31.3 Å². The van der Waals surface area contributed by atoms with Gasteiger partial charge in [0.05, 0.1) is 5.69 Å². The molecule has 1 aliphatic rings. The van der Waals surface area contributed by atoms with Crippen LogP contribution in [-0.4, -0.2) is 46.2 Å². The lowest BCUT2D eigenvalue weighted by atomic mass is 10.2. The monoisotopic (exact) mass is 334 g/mol. The summed E-state index contributed by atoms with van der Waals surface area (Å²) in [5.74, 6) is 1.67. The summed E-state index contributed by atoms with van der Waals surface area (Å²) in [5.41, 5.74) is 3.57. The molecule has 0 bridgehead atoms. The maximum Gasteiger partial charge on any atom is 0.175 e. The molecule has 0 radical (unpaired) electrons. The second-order valence-electron chi connectivity index (χ2n) is 6.46. The Morgan fingerprint density at radius 1 is 0.800 bits per heavy atom. The van der Waals surface area contributed by atoms with E-state index >= 15 is 0 Å². The predicted molar refractivity (Wildman–Crippen MR) is 99.5 cm³/mol. The zero-order chi connectivity index (χ0) is 17.2. The van der Waals surface area contributed by atoms with Crippen molar-refractivity contribution in [1.29, 1.82) is 0 Å². The first-order valence-electron chi connectivity index (χ1n) is 8.62. The van der Waals surface area contributed by atoms with Crippen molar-refractivity contribution >= 4 is 11.5 Å². The largest absolute Gasteiger partial charge is 0.368 e. The summed E-state index contributed by atoms with van der Waals surface area (Å²) in [4.78, 5) is 4.72. The molecule has 4 rings (SSSR count). The molecule has 25 heavy (non-hydrogen) atoms. The topological polar surface area (TPSA) is 50.1 Å². The number of rotatable bonds is 3. The predicted octanol–water partition coefficient (Wildman–Crippen LogP) is 2.61. The summed E-state index contributed by atoms with van der Waals surface area (Å²) < 4.78 is 1.75. The molecule has 6 nitrogen and oxygen atoms in total. The summed E-state index contributed by atoms with van der Waals surface area (Å²) in [6, 6.07) is 14.7. The lowest BCUT2D eigenvalue weighted by Gasteiger charge is -2.36. The Kier molecular flexibility index (Phi) is 4.09. The summed E-state index contributed by atoms with van der Waals surface area (Å²) >= 11 is 0. The molecule has 3 heterocycles. The minimum absolute atomic E-state index is 0.746. The van der Waals surface area contributed by atoms with Gasteiger partial charge in [0.1, 0.15) is 0 Å². The zero-order valence-electron chi connectivity index (χ0n) is 14.6. The number of aromatic nitrogens is 4. The zero-order valence-corrected chi connectivity index (χ0v) is 14.6. The molecule has 1 aliphatic heterocycles. The number of aryl methyl sites for hydroxylation is 2. The third-order valence-electron chi connectivity index (χ3n) is 4.56. The van der Waals surface area contributed by atoms with E-state index in [-0.39, 0.29) is 0 Å². The maximum atomic E-state index is 4.40. The molecule has 0 spiro atoms. The van der Waals surface area contributed by atoms with E-state index in [2.05, 4.69) is 56.3 Å². The van der Waals surface area contributed by atoms with E-state index in [1.165, 1.54) is 11.3 Å². The van der Waals surface area contributed by atoms with Gasteiger partial charge < -0.3 is 9.80 Å². The maximum absolute atomic E-state index is 4.40. The summed E-state index contributed by atoms with van der Waals surface area (Å²) in [6.45, 7) is 7.98. The van der Waals surface area contributed by atoms with Crippen LogP contribution < -0.4 is 9.80 Å². The third kappa shape index (κ3) is 3.33. The summed E-state index contributed by atoms with van der Waals surface area (Å²) in [6.07, 6.45) is 1.90. The first-order chi connectivity index (χ1) is 12.2. The molecule has 1 fully saturated rings. The molecule has 6 heteroatoms. The first-order valence-corrected chi connectivity index (χ1v) is 8.62. The highest BCUT2D eigenvalue weighted by Crippen LogP contribution is 2.20. The van der Waals surface area contributed by atoms with E-state index in [4.69, 9.17) is 0 Å². The van der Waals surface area contributed by atoms with Crippen LogP contribution in [-0.2, 0) is 0 Å². The van der Waals surface area contributed by atoms with Crippen molar-refractivity contribution in [2.75, 3.05) is 36.0 Å². The Bertz CT molecular complexity index is 846. The van der Waals surface area contributed by atoms with Crippen LogP contribution in [0, 0.1) is 13.8 Å². The van der Waals surface area contributed by atoms with Gasteiger partial charge in [-0.3, -0.25) is 0 Å². The number of piperazine rings is 1. The fraction of sp³-hybridized carbons (Fsp3) is 0.316. The summed E-state index contributed by atoms with van der Waals surface area (Å²) in [7, 11) is 0. The van der Waals surface area contributed by atoms with Gasteiger partial charge in [0, 0.05) is 38.1 Å². The van der Waals surface area contributed by atoms with Gasteiger partial charge in [-0.25, -0.2) is 4.68 Å². The van der Waals surface area contributed by atoms with Gasteiger partial charge in [-0.1, -0.05) is 12.1 Å². The van der Waals surface area contributed by atoms with E-state index in [1.54, 1.807) is 4.68 Å². The molecule has 0 unspecified atom stereocenters. The van der Waals surface area contributed by atoms with Crippen LogP contribution >= 0.6 is 0 Å². The molecular formula is C19H22N6. The van der Waals surface area contributed by atoms with Crippen molar-refractivity contribution in [3.8, 4) is 5.82 Å². The van der Waals surface area contributed by atoms with Crippen molar-refractivity contribution in [1.82, 2.24) is 20.0 Å². The van der Waals surface area contributed by atoms with Crippen molar-refractivity contribution in [3.05, 3.63) is 59.9 Å². The van der Waals surface area contributed by atoms with Crippen LogP contribution in [0.2, 0.25) is 0 Å². The Hall–Kier alpha value is -2.89. The average Bonchev–Trinajstić information content (AvgIpc) is 3.08. The number of anilines is 2. The lowest BCUT2D eigenvalue weighted by Crippen LogP contribution is -2.46. The van der Waals surface area contributed by atoms with Gasteiger partial charge in [-0.05, 0) is 49.7 Å². The minimum atomic E-state index is 0.746. The van der Waals surface area contributed by atoms with E-state index in [9.17, 15) is 0 Å².